The van der Waals surface area contributed by atoms with E-state index in [1.807, 2.05) is 13.8 Å². The lowest BCUT2D eigenvalue weighted by molar-refractivity contribution is -0.171. The maximum absolute atomic E-state index is 11.5. The number of carboxylic acid groups (broad SMARTS) is 1. The van der Waals surface area contributed by atoms with Crippen molar-refractivity contribution >= 4 is 5.97 Å². The van der Waals surface area contributed by atoms with Crippen molar-refractivity contribution in [2.24, 2.45) is 5.41 Å². The smallest absolute Gasteiger partial charge is 0.312 e. The van der Waals surface area contributed by atoms with E-state index < -0.39 is 22.6 Å². The van der Waals surface area contributed by atoms with Crippen LogP contribution in [0.5, 0.6) is 0 Å². The molecule has 1 heterocycles. The first-order valence-electron chi connectivity index (χ1n) is 5.83. The lowest BCUT2D eigenvalue weighted by atomic mass is 9.66. The average Bonchev–Trinajstić information content (AvgIpc) is 2.44. The second-order valence-corrected chi connectivity index (χ2v) is 5.35. The average molecular weight is 230 g/mol. The fourth-order valence-electron chi connectivity index (χ4n) is 2.84. The number of aliphatic hydroxyl groups is 1. The molecule has 0 aromatic heterocycles. The highest BCUT2D eigenvalue weighted by Crippen LogP contribution is 2.48. The fourth-order valence-corrected chi connectivity index (χ4v) is 2.84. The summed E-state index contributed by atoms with van der Waals surface area (Å²) in [7, 11) is 0. The Morgan fingerprint density at radius 2 is 1.88 bits per heavy atom. The third kappa shape index (κ3) is 1.84. The van der Waals surface area contributed by atoms with Gasteiger partial charge in [0.1, 0.15) is 5.60 Å². The Labute approximate surface area is 96.6 Å². The lowest BCUT2D eigenvalue weighted by Gasteiger charge is -2.40. The standard InChI is InChI=1S/C12H22O4/c1-5-11(6-2,9(13)14)12(15)7-10(3,4)16-8-12/h15H,5-8H2,1-4H3,(H,13,14). The molecule has 1 atom stereocenters. The molecule has 0 aliphatic carbocycles. The van der Waals surface area contributed by atoms with Gasteiger partial charge in [-0.1, -0.05) is 13.8 Å². The zero-order chi connectivity index (χ0) is 12.6. The predicted molar refractivity (Wildman–Crippen MR) is 60.2 cm³/mol. The molecule has 1 aliphatic rings. The summed E-state index contributed by atoms with van der Waals surface area (Å²) < 4.78 is 5.50. The summed E-state index contributed by atoms with van der Waals surface area (Å²) in [6, 6.07) is 0. The van der Waals surface area contributed by atoms with Crippen molar-refractivity contribution in [1.29, 1.82) is 0 Å². The van der Waals surface area contributed by atoms with Crippen LogP contribution in [0.25, 0.3) is 0 Å². The molecule has 2 N–H and O–H groups in total. The maximum atomic E-state index is 11.5. The van der Waals surface area contributed by atoms with E-state index in [0.717, 1.165) is 0 Å². The minimum absolute atomic E-state index is 0.105. The Kier molecular flexibility index (Phi) is 3.37. The van der Waals surface area contributed by atoms with Crippen LogP contribution in [0.1, 0.15) is 47.0 Å². The summed E-state index contributed by atoms with van der Waals surface area (Å²) in [5.41, 5.74) is -2.80. The van der Waals surface area contributed by atoms with Crippen LogP contribution in [0.3, 0.4) is 0 Å². The van der Waals surface area contributed by atoms with Crippen LogP contribution in [0.4, 0.5) is 0 Å². The van der Waals surface area contributed by atoms with Gasteiger partial charge in [-0.05, 0) is 26.7 Å². The third-order valence-electron chi connectivity index (χ3n) is 3.93. The SMILES string of the molecule is CCC(CC)(C(=O)O)C1(O)COC(C)(C)C1. The second kappa shape index (κ2) is 4.00. The molecule has 1 fully saturated rings. The molecule has 16 heavy (non-hydrogen) atoms. The molecule has 0 aromatic carbocycles. The Hall–Kier alpha value is -0.610. The highest BCUT2D eigenvalue weighted by Gasteiger charge is 2.59. The van der Waals surface area contributed by atoms with Crippen LogP contribution >= 0.6 is 0 Å². The molecule has 0 bridgehead atoms. The Morgan fingerprint density at radius 3 is 2.12 bits per heavy atom. The van der Waals surface area contributed by atoms with Crippen LogP contribution < -0.4 is 0 Å². The Bertz CT molecular complexity index is 281. The summed E-state index contributed by atoms with van der Waals surface area (Å²) in [5.74, 6) is -0.929. The van der Waals surface area contributed by atoms with E-state index in [-0.39, 0.29) is 6.61 Å². The number of aliphatic carboxylic acids is 1. The van der Waals surface area contributed by atoms with Crippen LogP contribution in [0.2, 0.25) is 0 Å². The summed E-state index contributed by atoms with van der Waals surface area (Å²) in [6.07, 6.45) is 1.19. The van der Waals surface area contributed by atoms with Gasteiger partial charge in [-0.2, -0.15) is 0 Å². The molecule has 94 valence electrons. The first-order valence-corrected chi connectivity index (χ1v) is 5.83. The van der Waals surface area contributed by atoms with Gasteiger partial charge in [0.2, 0.25) is 0 Å². The molecular weight excluding hydrogens is 208 g/mol. The highest BCUT2D eigenvalue weighted by atomic mass is 16.5. The minimum atomic E-state index is -1.26. The van der Waals surface area contributed by atoms with Gasteiger partial charge in [0, 0.05) is 6.42 Å². The molecule has 1 rings (SSSR count). The van der Waals surface area contributed by atoms with Crippen molar-refractivity contribution in [1.82, 2.24) is 0 Å². The number of carbonyl (C=O) groups is 1. The predicted octanol–water partition coefficient (Wildman–Crippen LogP) is 1.81. The zero-order valence-electron chi connectivity index (χ0n) is 10.5. The van der Waals surface area contributed by atoms with E-state index in [0.29, 0.717) is 19.3 Å². The monoisotopic (exact) mass is 230 g/mol. The molecule has 1 aliphatic heterocycles. The first-order chi connectivity index (χ1) is 7.23. The van der Waals surface area contributed by atoms with Crippen LogP contribution in [-0.2, 0) is 9.53 Å². The number of carboxylic acids is 1. The highest BCUT2D eigenvalue weighted by molar-refractivity contribution is 5.76. The Morgan fingerprint density at radius 1 is 1.38 bits per heavy atom. The summed E-state index contributed by atoms with van der Waals surface area (Å²) in [6.45, 7) is 7.47. The van der Waals surface area contributed by atoms with Gasteiger partial charge in [0.15, 0.2) is 0 Å². The molecule has 1 saturated heterocycles. The van der Waals surface area contributed by atoms with Crippen molar-refractivity contribution < 1.29 is 19.7 Å². The van der Waals surface area contributed by atoms with E-state index >= 15 is 0 Å². The van der Waals surface area contributed by atoms with Gasteiger partial charge in [-0.3, -0.25) is 4.79 Å². The van der Waals surface area contributed by atoms with Crippen molar-refractivity contribution in [3.63, 3.8) is 0 Å². The van der Waals surface area contributed by atoms with Crippen LogP contribution in [-0.4, -0.2) is 34.0 Å². The van der Waals surface area contributed by atoms with E-state index in [2.05, 4.69) is 0 Å². The number of hydrogen-bond acceptors (Lipinski definition) is 3. The van der Waals surface area contributed by atoms with E-state index in [1.165, 1.54) is 0 Å². The largest absolute Gasteiger partial charge is 0.481 e. The van der Waals surface area contributed by atoms with Gasteiger partial charge >= 0.3 is 5.97 Å². The Balaban J connectivity index is 3.09. The molecule has 0 saturated carbocycles. The normalized spacial score (nSPS) is 29.3. The lowest BCUT2D eigenvalue weighted by Crippen LogP contribution is -2.53. The third-order valence-corrected chi connectivity index (χ3v) is 3.93. The van der Waals surface area contributed by atoms with Gasteiger partial charge in [-0.15, -0.1) is 0 Å². The van der Waals surface area contributed by atoms with Gasteiger partial charge in [0.25, 0.3) is 0 Å². The fraction of sp³-hybridized carbons (Fsp3) is 0.917. The maximum Gasteiger partial charge on any atom is 0.312 e. The molecule has 0 aromatic rings. The van der Waals surface area contributed by atoms with Crippen molar-refractivity contribution in [3.05, 3.63) is 0 Å². The van der Waals surface area contributed by atoms with E-state index in [1.54, 1.807) is 13.8 Å². The number of hydrogen-bond donors (Lipinski definition) is 2. The van der Waals surface area contributed by atoms with E-state index in [9.17, 15) is 15.0 Å². The van der Waals surface area contributed by atoms with E-state index in [4.69, 9.17) is 4.74 Å². The molecule has 1 unspecified atom stereocenters. The van der Waals surface area contributed by atoms with Gasteiger partial charge in [-0.25, -0.2) is 0 Å². The first kappa shape index (κ1) is 13.5. The summed E-state index contributed by atoms with van der Waals surface area (Å²) in [4.78, 5) is 11.5. The molecule has 4 heteroatoms. The quantitative estimate of drug-likeness (QED) is 0.773. The van der Waals surface area contributed by atoms with Crippen molar-refractivity contribution in [2.75, 3.05) is 6.61 Å². The summed E-state index contributed by atoms with van der Waals surface area (Å²) >= 11 is 0. The molecular formula is C12H22O4. The topological polar surface area (TPSA) is 66.8 Å². The minimum Gasteiger partial charge on any atom is -0.481 e. The molecule has 0 amide bonds. The van der Waals surface area contributed by atoms with Crippen molar-refractivity contribution in [3.8, 4) is 0 Å². The molecule has 0 spiro atoms. The number of ether oxygens (including phenoxy) is 1. The molecule has 0 radical (unpaired) electrons. The van der Waals surface area contributed by atoms with Gasteiger partial charge in [0.05, 0.1) is 17.6 Å². The van der Waals surface area contributed by atoms with Gasteiger partial charge < -0.3 is 14.9 Å². The van der Waals surface area contributed by atoms with Crippen LogP contribution in [0.15, 0.2) is 0 Å². The number of rotatable bonds is 4. The van der Waals surface area contributed by atoms with Crippen LogP contribution in [0, 0.1) is 5.41 Å². The molecule has 4 nitrogen and oxygen atoms in total. The zero-order valence-corrected chi connectivity index (χ0v) is 10.5. The second-order valence-electron chi connectivity index (χ2n) is 5.35. The summed E-state index contributed by atoms with van der Waals surface area (Å²) in [5, 5.41) is 20.0. The van der Waals surface area contributed by atoms with Crippen molar-refractivity contribution in [2.45, 2.75) is 58.2 Å².